The van der Waals surface area contributed by atoms with Gasteiger partial charge in [0, 0.05) is 46.3 Å². The molecule has 0 saturated heterocycles. The van der Waals surface area contributed by atoms with Gasteiger partial charge in [0.1, 0.15) is 11.4 Å². The van der Waals surface area contributed by atoms with Crippen LogP contribution in [0.2, 0.25) is 0 Å². The number of benzene rings is 1. The molecule has 0 spiro atoms. The molecule has 0 unspecified atom stereocenters. The number of amides is 1. The van der Waals surface area contributed by atoms with E-state index in [2.05, 4.69) is 16.2 Å². The molecule has 0 atom stereocenters. The Balaban J connectivity index is 1.37. The van der Waals surface area contributed by atoms with E-state index in [4.69, 9.17) is 16.9 Å². The molecule has 0 bridgehead atoms. The smallest absolute Gasteiger partial charge is 0.325 e. The number of anilines is 2. The number of aliphatic imine (C=N–C) groups is 1. The number of carbonyl (C=O) groups excluding carboxylic acids is 1. The van der Waals surface area contributed by atoms with Crippen LogP contribution in [-0.2, 0) is 0 Å². The lowest BCUT2D eigenvalue weighted by molar-refractivity contribution is -0.910. The summed E-state index contributed by atoms with van der Waals surface area (Å²) in [4.78, 5) is 17.8. The maximum Gasteiger partial charge on any atom is 0.325 e. The SMILES string of the molecule is C#CC1(O)CCC(N=Cc2cc(NC(=O)c3cccc(C4CC4)[n+]3O)c(OCC3CC3)cc2N)CC1. The molecule has 36 heavy (non-hydrogen) atoms. The second-order valence-electron chi connectivity index (χ2n) is 10.3. The van der Waals surface area contributed by atoms with Crippen LogP contribution in [0.5, 0.6) is 5.75 Å². The Morgan fingerprint density at radius 3 is 2.67 bits per heavy atom. The predicted molar refractivity (Wildman–Crippen MR) is 136 cm³/mol. The quantitative estimate of drug-likeness (QED) is 0.149. The van der Waals surface area contributed by atoms with Crippen molar-refractivity contribution in [1.29, 1.82) is 0 Å². The number of hydrogen-bond donors (Lipinski definition) is 4. The summed E-state index contributed by atoms with van der Waals surface area (Å²) in [5.74, 6) is 3.35. The molecule has 3 aliphatic carbocycles. The van der Waals surface area contributed by atoms with Gasteiger partial charge in [0.15, 0.2) is 0 Å². The number of hydrogen-bond acceptors (Lipinski definition) is 6. The van der Waals surface area contributed by atoms with Gasteiger partial charge in [-0.15, -0.1) is 6.42 Å². The van der Waals surface area contributed by atoms with Crippen molar-refractivity contribution < 1.29 is 24.6 Å². The predicted octanol–water partition coefficient (Wildman–Crippen LogP) is 3.44. The highest BCUT2D eigenvalue weighted by Crippen LogP contribution is 2.38. The molecule has 1 heterocycles. The van der Waals surface area contributed by atoms with E-state index in [0.717, 1.165) is 36.1 Å². The van der Waals surface area contributed by atoms with Crippen molar-refractivity contribution in [3.63, 3.8) is 0 Å². The molecule has 1 aromatic carbocycles. The summed E-state index contributed by atoms with van der Waals surface area (Å²) >= 11 is 0. The van der Waals surface area contributed by atoms with Crippen molar-refractivity contribution in [2.75, 3.05) is 17.7 Å². The van der Waals surface area contributed by atoms with E-state index >= 15 is 0 Å². The zero-order valence-corrected chi connectivity index (χ0v) is 20.3. The third-order valence-electron chi connectivity index (χ3n) is 7.30. The standard InChI is InChI=1S/C28H32N4O4/c1-2-28(34)12-10-21(11-13-28)30-16-20-14-23(26(15-22(20)29)36-17-18-6-7-18)31-27(33)25-5-3-4-24(32(25)35)19-8-9-19/h1,3-5,14-16,18-19,21,29,33-35H,6-13,17H2/p+1. The van der Waals surface area contributed by atoms with Crippen LogP contribution in [0.3, 0.4) is 0 Å². The molecular formula is C28H33N4O4+. The van der Waals surface area contributed by atoms with Crippen LogP contribution in [0, 0.1) is 18.3 Å². The summed E-state index contributed by atoms with van der Waals surface area (Å²) in [5, 5.41) is 23.8. The fourth-order valence-electron chi connectivity index (χ4n) is 4.56. The van der Waals surface area contributed by atoms with Gasteiger partial charge in [0.25, 0.3) is 0 Å². The normalized spacial score (nSPS) is 23.8. The number of pyridine rings is 1. The molecule has 8 nitrogen and oxygen atoms in total. The fraction of sp³-hybridized carbons (Fsp3) is 0.464. The summed E-state index contributed by atoms with van der Waals surface area (Å²) < 4.78 is 6.99. The van der Waals surface area contributed by atoms with Crippen LogP contribution in [0.4, 0.5) is 11.4 Å². The first-order valence-electron chi connectivity index (χ1n) is 12.7. The Bertz CT molecular complexity index is 1220. The minimum atomic E-state index is -1.04. The molecule has 3 saturated carbocycles. The monoisotopic (exact) mass is 489 g/mol. The lowest BCUT2D eigenvalue weighted by Crippen LogP contribution is -2.43. The summed E-state index contributed by atoms with van der Waals surface area (Å²) in [6.45, 7) is 0.563. The molecule has 2 aromatic rings. The van der Waals surface area contributed by atoms with E-state index < -0.39 is 11.5 Å². The van der Waals surface area contributed by atoms with Crippen molar-refractivity contribution >= 4 is 23.5 Å². The maximum atomic E-state index is 13.2. The highest BCUT2D eigenvalue weighted by Gasteiger charge is 2.36. The summed E-state index contributed by atoms with van der Waals surface area (Å²) in [5.41, 5.74) is 7.80. The zero-order chi connectivity index (χ0) is 25.3. The van der Waals surface area contributed by atoms with Crippen molar-refractivity contribution in [3.8, 4) is 18.1 Å². The highest BCUT2D eigenvalue weighted by molar-refractivity contribution is 6.04. The van der Waals surface area contributed by atoms with Crippen molar-refractivity contribution in [2.24, 2.45) is 10.9 Å². The number of nitrogen functional groups attached to an aromatic ring is 1. The average Bonchev–Trinajstić information content (AvgIpc) is 3.79. The second-order valence-corrected chi connectivity index (χ2v) is 10.3. The first-order valence-corrected chi connectivity index (χ1v) is 12.7. The van der Waals surface area contributed by atoms with E-state index in [1.165, 1.54) is 0 Å². The Morgan fingerprint density at radius 1 is 1.25 bits per heavy atom. The number of aliphatic hydroxyl groups is 1. The Labute approximate surface area is 211 Å². The average molecular weight is 490 g/mol. The topological polar surface area (TPSA) is 121 Å². The molecule has 0 radical (unpaired) electrons. The third-order valence-corrected chi connectivity index (χ3v) is 7.30. The molecule has 3 fully saturated rings. The highest BCUT2D eigenvalue weighted by atomic mass is 16.5. The van der Waals surface area contributed by atoms with Gasteiger partial charge < -0.3 is 20.9 Å². The van der Waals surface area contributed by atoms with Crippen molar-refractivity contribution in [3.05, 3.63) is 47.3 Å². The van der Waals surface area contributed by atoms with Gasteiger partial charge in [-0.2, -0.15) is 0 Å². The van der Waals surface area contributed by atoms with E-state index in [1.807, 2.05) is 6.07 Å². The largest absolute Gasteiger partial charge is 0.491 e. The van der Waals surface area contributed by atoms with Gasteiger partial charge in [-0.25, -0.2) is 0 Å². The fourth-order valence-corrected chi connectivity index (χ4v) is 4.56. The van der Waals surface area contributed by atoms with Crippen LogP contribution in [0.15, 0.2) is 35.3 Å². The van der Waals surface area contributed by atoms with Crippen LogP contribution < -0.4 is 20.5 Å². The van der Waals surface area contributed by atoms with Gasteiger partial charge in [0.2, 0.25) is 5.69 Å². The molecule has 0 aliphatic heterocycles. The molecule has 5 rings (SSSR count). The van der Waals surface area contributed by atoms with E-state index in [1.54, 1.807) is 30.5 Å². The number of terminal acetylenes is 1. The summed E-state index contributed by atoms with van der Waals surface area (Å²) in [7, 11) is 0. The Morgan fingerprint density at radius 2 is 2.00 bits per heavy atom. The molecule has 1 amide bonds. The molecule has 3 aliphatic rings. The number of nitrogens with one attached hydrogen (secondary N) is 1. The first kappa shape index (κ1) is 24.1. The van der Waals surface area contributed by atoms with Gasteiger partial charge in [-0.3, -0.25) is 15.0 Å². The van der Waals surface area contributed by atoms with Crippen LogP contribution >= 0.6 is 0 Å². The third kappa shape index (κ3) is 5.47. The summed E-state index contributed by atoms with van der Waals surface area (Å²) in [6.07, 6.45) is 13.8. The lowest BCUT2D eigenvalue weighted by Gasteiger charge is -2.30. The minimum absolute atomic E-state index is 0.0420. The Kier molecular flexibility index (Phi) is 6.59. The van der Waals surface area contributed by atoms with E-state index in [0.29, 0.717) is 60.9 Å². The van der Waals surface area contributed by atoms with Crippen LogP contribution in [0.25, 0.3) is 0 Å². The second kappa shape index (κ2) is 9.82. The van der Waals surface area contributed by atoms with Gasteiger partial charge >= 0.3 is 11.6 Å². The number of ether oxygens (including phenoxy) is 1. The number of nitrogens with zero attached hydrogens (tertiary/aromatic N) is 2. The van der Waals surface area contributed by atoms with Gasteiger partial charge in [0.05, 0.1) is 18.3 Å². The molecule has 5 N–H and O–H groups in total. The van der Waals surface area contributed by atoms with Crippen LogP contribution in [-0.4, -0.2) is 40.7 Å². The van der Waals surface area contributed by atoms with E-state index in [-0.39, 0.29) is 17.7 Å². The van der Waals surface area contributed by atoms with E-state index in [9.17, 15) is 15.1 Å². The van der Waals surface area contributed by atoms with Gasteiger partial charge in [-0.05, 0) is 69.4 Å². The minimum Gasteiger partial charge on any atom is -0.491 e. The van der Waals surface area contributed by atoms with Gasteiger partial charge in [-0.1, -0.05) is 5.92 Å². The maximum absolute atomic E-state index is 13.2. The van der Waals surface area contributed by atoms with Crippen molar-refractivity contribution in [1.82, 2.24) is 0 Å². The molecular weight excluding hydrogens is 456 g/mol. The number of aromatic nitrogens is 1. The zero-order valence-electron chi connectivity index (χ0n) is 20.3. The molecule has 1 aromatic heterocycles. The number of carbonyl (C=O) groups is 1. The van der Waals surface area contributed by atoms with Crippen LogP contribution in [0.1, 0.15) is 79.0 Å². The van der Waals surface area contributed by atoms with Crippen molar-refractivity contribution in [2.45, 2.75) is 68.9 Å². The summed E-state index contributed by atoms with van der Waals surface area (Å²) in [6, 6.07) is 8.72. The first-order chi connectivity index (χ1) is 17.3. The molecule has 188 valence electrons. The molecule has 8 heteroatoms. The number of rotatable bonds is 8. The number of nitrogens with two attached hydrogens (primary N) is 1. The lowest BCUT2D eigenvalue weighted by atomic mass is 9.83. The Hall–Kier alpha value is -3.57.